The Morgan fingerprint density at radius 2 is 1.13 bits per heavy atom. The van der Waals surface area contributed by atoms with Crippen LogP contribution >= 0.6 is 0 Å². The monoisotopic (exact) mass is 679 g/mol. The maximum absolute atomic E-state index is 2.50. The molecule has 1 nitrogen and oxygen atoms in total. The molecule has 0 N–H and O–H groups in total. The summed E-state index contributed by atoms with van der Waals surface area (Å²) in [4.78, 5) is 2.50. The van der Waals surface area contributed by atoms with E-state index in [0.717, 1.165) is 19.3 Å². The summed E-state index contributed by atoms with van der Waals surface area (Å²) in [6, 6.07) is 63.9. The smallest absolute Gasteiger partial charge is 0.0464 e. The lowest BCUT2D eigenvalue weighted by Crippen LogP contribution is -2.23. The van der Waals surface area contributed by atoms with Gasteiger partial charge in [-0.3, -0.25) is 0 Å². The highest BCUT2D eigenvalue weighted by atomic mass is 15.2. The predicted octanol–water partition coefficient (Wildman–Crippen LogP) is 14.0. The molecule has 2 aliphatic carbocycles. The van der Waals surface area contributed by atoms with Gasteiger partial charge in [0.2, 0.25) is 0 Å². The van der Waals surface area contributed by atoms with E-state index in [9.17, 15) is 0 Å². The quantitative estimate of drug-likeness (QED) is 0.155. The summed E-state index contributed by atoms with van der Waals surface area (Å²) in [6.07, 6.45) is 14.7. The lowest BCUT2D eigenvalue weighted by Gasteiger charge is -2.33. The summed E-state index contributed by atoms with van der Waals surface area (Å²) in [5, 5.41) is 2.52. The number of nitrogens with zero attached hydrogens (tertiary/aromatic N) is 1. The molecule has 0 bridgehead atoms. The van der Waals surface area contributed by atoms with Crippen molar-refractivity contribution < 1.29 is 0 Å². The van der Waals surface area contributed by atoms with Crippen molar-refractivity contribution in [3.05, 3.63) is 229 Å². The topological polar surface area (TPSA) is 3.24 Å². The fourth-order valence-electron chi connectivity index (χ4n) is 7.92. The van der Waals surface area contributed by atoms with Crippen molar-refractivity contribution in [3.63, 3.8) is 0 Å². The summed E-state index contributed by atoms with van der Waals surface area (Å²) >= 11 is 0. The van der Waals surface area contributed by atoms with Crippen LogP contribution < -0.4 is 4.90 Å². The van der Waals surface area contributed by atoms with E-state index in [1.165, 1.54) is 77.9 Å². The van der Waals surface area contributed by atoms with Crippen molar-refractivity contribution in [1.82, 2.24) is 0 Å². The van der Waals surface area contributed by atoms with E-state index in [2.05, 4.69) is 211 Å². The summed E-state index contributed by atoms with van der Waals surface area (Å²) < 4.78 is 0. The van der Waals surface area contributed by atoms with E-state index in [4.69, 9.17) is 0 Å². The molecule has 0 aromatic heterocycles. The van der Waals surface area contributed by atoms with Crippen molar-refractivity contribution in [2.45, 2.75) is 25.2 Å². The van der Waals surface area contributed by atoms with E-state index in [-0.39, 0.29) is 0 Å². The van der Waals surface area contributed by atoms with Gasteiger partial charge >= 0.3 is 0 Å². The Bertz CT molecular complexity index is 2520. The first kappa shape index (κ1) is 32.5. The molecule has 0 fully saturated rings. The predicted molar refractivity (Wildman–Crippen MR) is 225 cm³/mol. The Morgan fingerprint density at radius 1 is 0.453 bits per heavy atom. The highest BCUT2D eigenvalue weighted by Gasteiger charge is 2.23. The van der Waals surface area contributed by atoms with Crippen LogP contribution in [-0.4, -0.2) is 0 Å². The second-order valence-electron chi connectivity index (χ2n) is 14.0. The van der Waals surface area contributed by atoms with Crippen LogP contribution in [0.2, 0.25) is 0 Å². The standard InChI is InChI=1S/C52H41N/c1-4-13-38(14-5-1)41-25-29-48(30-26-41)53(49-31-27-42(28-32-49)39-15-6-2-7-16-39)50-33-34-51(52(37-50)43-18-8-3-9-19-43)47-22-12-21-45(36-47)46-24-23-40-17-10-11-20-44(40)35-46/h1-25,27,29-31,33-37,41H,26,28,32H2. The first-order valence-corrected chi connectivity index (χ1v) is 18.7. The maximum atomic E-state index is 2.50. The fourth-order valence-corrected chi connectivity index (χ4v) is 7.92. The number of fused-ring (bicyclic) bond motifs is 1. The van der Waals surface area contributed by atoms with E-state index in [0.29, 0.717) is 5.92 Å². The highest BCUT2D eigenvalue weighted by molar-refractivity contribution is 5.91. The Labute approximate surface area is 313 Å². The van der Waals surface area contributed by atoms with Crippen molar-refractivity contribution in [2.24, 2.45) is 0 Å². The SMILES string of the molecule is C1=CC(c2ccccc2)CC=C1N(C1=CC=C(c2ccccc2)CC1)c1ccc(-c2cccc(-c3ccc4ccccc4c3)c2)c(-c2ccccc2)c1. The van der Waals surface area contributed by atoms with Gasteiger partial charge in [0.15, 0.2) is 0 Å². The van der Waals surface area contributed by atoms with Crippen LogP contribution in [0.3, 0.4) is 0 Å². The normalized spacial score (nSPS) is 15.4. The molecule has 0 spiro atoms. The van der Waals surface area contributed by atoms with Crippen LogP contribution in [0.15, 0.2) is 218 Å². The van der Waals surface area contributed by atoms with Crippen molar-refractivity contribution in [1.29, 1.82) is 0 Å². The number of allylic oxidation sites excluding steroid dienone is 7. The van der Waals surface area contributed by atoms with E-state index in [1.807, 2.05) is 0 Å². The van der Waals surface area contributed by atoms with Gasteiger partial charge in [-0.05, 0) is 117 Å². The second kappa shape index (κ2) is 14.7. The molecule has 1 atom stereocenters. The highest BCUT2D eigenvalue weighted by Crippen LogP contribution is 2.41. The van der Waals surface area contributed by atoms with Gasteiger partial charge in [0, 0.05) is 23.0 Å². The Hall–Kier alpha value is -6.44. The summed E-state index contributed by atoms with van der Waals surface area (Å²) in [7, 11) is 0. The third-order valence-electron chi connectivity index (χ3n) is 10.7. The van der Waals surface area contributed by atoms with Gasteiger partial charge in [-0.2, -0.15) is 0 Å². The molecule has 0 saturated heterocycles. The van der Waals surface area contributed by atoms with Gasteiger partial charge in [-0.1, -0.05) is 170 Å². The molecular formula is C52H41N. The van der Waals surface area contributed by atoms with Crippen LogP contribution in [0.4, 0.5) is 5.69 Å². The summed E-state index contributed by atoms with van der Waals surface area (Å²) in [5.41, 5.74) is 15.1. The number of rotatable bonds is 8. The molecule has 7 aromatic rings. The number of benzene rings is 7. The minimum Gasteiger partial charge on any atom is -0.315 e. The molecule has 9 rings (SSSR count). The number of hydrogen-bond acceptors (Lipinski definition) is 1. The average Bonchev–Trinajstić information content (AvgIpc) is 3.25. The third kappa shape index (κ3) is 6.82. The van der Waals surface area contributed by atoms with Crippen molar-refractivity contribution in [3.8, 4) is 33.4 Å². The molecule has 0 amide bonds. The van der Waals surface area contributed by atoms with E-state index >= 15 is 0 Å². The van der Waals surface area contributed by atoms with Crippen LogP contribution in [0, 0.1) is 0 Å². The molecule has 254 valence electrons. The second-order valence-corrected chi connectivity index (χ2v) is 14.0. The van der Waals surface area contributed by atoms with Crippen LogP contribution in [0.25, 0.3) is 49.7 Å². The minimum absolute atomic E-state index is 0.379. The van der Waals surface area contributed by atoms with Gasteiger partial charge in [0.1, 0.15) is 0 Å². The zero-order valence-corrected chi connectivity index (χ0v) is 29.8. The number of hydrogen-bond donors (Lipinski definition) is 0. The maximum Gasteiger partial charge on any atom is 0.0464 e. The van der Waals surface area contributed by atoms with Crippen LogP contribution in [0.1, 0.15) is 36.3 Å². The van der Waals surface area contributed by atoms with Gasteiger partial charge in [-0.15, -0.1) is 0 Å². The molecule has 1 unspecified atom stereocenters. The summed E-state index contributed by atoms with van der Waals surface area (Å²) in [6.45, 7) is 0. The molecule has 1 heteroatoms. The molecule has 0 saturated carbocycles. The van der Waals surface area contributed by atoms with Gasteiger partial charge in [0.05, 0.1) is 0 Å². The molecule has 0 aliphatic heterocycles. The van der Waals surface area contributed by atoms with Crippen molar-refractivity contribution >= 4 is 22.0 Å². The first-order chi connectivity index (χ1) is 26.3. The minimum atomic E-state index is 0.379. The van der Waals surface area contributed by atoms with Crippen LogP contribution in [-0.2, 0) is 0 Å². The third-order valence-corrected chi connectivity index (χ3v) is 10.7. The molecule has 0 heterocycles. The van der Waals surface area contributed by atoms with Crippen molar-refractivity contribution in [2.75, 3.05) is 4.90 Å². The van der Waals surface area contributed by atoms with Gasteiger partial charge in [-0.25, -0.2) is 0 Å². The lowest BCUT2D eigenvalue weighted by atomic mass is 9.89. The summed E-state index contributed by atoms with van der Waals surface area (Å²) in [5.74, 6) is 0.379. The Balaban J connectivity index is 1.14. The zero-order chi connectivity index (χ0) is 35.4. The van der Waals surface area contributed by atoms with Gasteiger partial charge in [0.25, 0.3) is 0 Å². The molecular weight excluding hydrogens is 639 g/mol. The Morgan fingerprint density at radius 3 is 1.87 bits per heavy atom. The van der Waals surface area contributed by atoms with E-state index < -0.39 is 0 Å². The largest absolute Gasteiger partial charge is 0.315 e. The number of anilines is 1. The molecule has 7 aromatic carbocycles. The molecule has 2 aliphatic rings. The lowest BCUT2D eigenvalue weighted by molar-refractivity contribution is 0.828. The first-order valence-electron chi connectivity index (χ1n) is 18.7. The average molecular weight is 680 g/mol. The van der Waals surface area contributed by atoms with E-state index in [1.54, 1.807) is 0 Å². The van der Waals surface area contributed by atoms with Gasteiger partial charge < -0.3 is 4.90 Å². The van der Waals surface area contributed by atoms with Crippen LogP contribution in [0.5, 0.6) is 0 Å². The Kier molecular flexibility index (Phi) is 8.98. The molecule has 0 radical (unpaired) electrons. The fraction of sp³-hybridized carbons (Fsp3) is 0.0769. The zero-order valence-electron chi connectivity index (χ0n) is 29.8. The molecule has 53 heavy (non-hydrogen) atoms.